The van der Waals surface area contributed by atoms with E-state index in [1.54, 1.807) is 0 Å². The van der Waals surface area contributed by atoms with Gasteiger partial charge in [0.25, 0.3) is 0 Å². The van der Waals surface area contributed by atoms with E-state index in [2.05, 4.69) is 36.1 Å². The lowest BCUT2D eigenvalue weighted by Gasteiger charge is -2.44. The van der Waals surface area contributed by atoms with E-state index in [4.69, 9.17) is 0 Å². The number of hydrogen-bond donors (Lipinski definition) is 0. The maximum atomic E-state index is 12.3. The minimum absolute atomic E-state index is 0.321. The van der Waals surface area contributed by atoms with Crippen molar-refractivity contribution < 1.29 is 4.79 Å². The van der Waals surface area contributed by atoms with Crippen LogP contribution < -0.4 is 4.90 Å². The molecule has 0 aromatic heterocycles. The first-order valence-electron chi connectivity index (χ1n) is 7.14. The Labute approximate surface area is 109 Å². The van der Waals surface area contributed by atoms with Gasteiger partial charge in [-0.1, -0.05) is 30.5 Å². The van der Waals surface area contributed by atoms with Crippen LogP contribution in [0.1, 0.15) is 44.1 Å². The zero-order valence-corrected chi connectivity index (χ0v) is 11.1. The van der Waals surface area contributed by atoms with Gasteiger partial charge in [0.05, 0.1) is 0 Å². The van der Waals surface area contributed by atoms with Crippen LogP contribution in [0.5, 0.6) is 0 Å². The Kier molecular flexibility index (Phi) is 3.11. The molecule has 3 rings (SSSR count). The fourth-order valence-electron chi connectivity index (χ4n) is 3.52. The first-order chi connectivity index (χ1) is 8.75. The summed E-state index contributed by atoms with van der Waals surface area (Å²) in [6.45, 7) is 2.09. The van der Waals surface area contributed by atoms with Crippen LogP contribution in [0, 0.1) is 12.8 Å². The molecule has 1 aromatic rings. The molecule has 2 aliphatic rings. The highest BCUT2D eigenvalue weighted by molar-refractivity contribution is 5.94. The first kappa shape index (κ1) is 11.8. The number of rotatable bonds is 1. The second kappa shape index (κ2) is 4.75. The quantitative estimate of drug-likeness (QED) is 0.736. The van der Waals surface area contributed by atoms with Gasteiger partial charge in [0.2, 0.25) is 5.91 Å². The summed E-state index contributed by atoms with van der Waals surface area (Å²) < 4.78 is 0. The Morgan fingerprint density at radius 2 is 1.78 bits per heavy atom. The number of carbonyl (C=O) groups excluding carboxylic acids is 1. The van der Waals surface area contributed by atoms with Crippen molar-refractivity contribution in [3.8, 4) is 0 Å². The van der Waals surface area contributed by atoms with Gasteiger partial charge in [-0.3, -0.25) is 4.79 Å². The van der Waals surface area contributed by atoms with E-state index in [-0.39, 0.29) is 0 Å². The van der Waals surface area contributed by atoms with Crippen LogP contribution in [0.2, 0.25) is 0 Å². The highest BCUT2D eigenvalue weighted by Crippen LogP contribution is 2.38. The Morgan fingerprint density at radius 1 is 1.06 bits per heavy atom. The molecule has 2 nitrogen and oxygen atoms in total. The molecule has 1 heterocycles. The van der Waals surface area contributed by atoms with Crippen LogP contribution >= 0.6 is 0 Å². The zero-order valence-electron chi connectivity index (χ0n) is 11.1. The predicted octanol–water partition coefficient (Wildman–Crippen LogP) is 3.68. The number of benzene rings is 1. The summed E-state index contributed by atoms with van der Waals surface area (Å²) >= 11 is 0. The van der Waals surface area contributed by atoms with Crippen molar-refractivity contribution in [1.82, 2.24) is 0 Å². The lowest BCUT2D eigenvalue weighted by Crippen LogP contribution is -2.50. The van der Waals surface area contributed by atoms with Crippen LogP contribution in [-0.2, 0) is 4.79 Å². The lowest BCUT2D eigenvalue weighted by atomic mass is 9.78. The van der Waals surface area contributed by atoms with Gasteiger partial charge in [-0.15, -0.1) is 0 Å². The Morgan fingerprint density at radius 3 is 2.56 bits per heavy atom. The molecule has 18 heavy (non-hydrogen) atoms. The maximum Gasteiger partial charge on any atom is 0.227 e. The van der Waals surface area contributed by atoms with E-state index in [1.165, 1.54) is 31.2 Å². The second-order valence-corrected chi connectivity index (χ2v) is 5.75. The lowest BCUT2D eigenvalue weighted by molar-refractivity contribution is -0.121. The van der Waals surface area contributed by atoms with Crippen molar-refractivity contribution in [2.45, 2.75) is 51.5 Å². The summed E-state index contributed by atoms with van der Waals surface area (Å²) in [6, 6.07) is 8.88. The number of hydrogen-bond acceptors (Lipinski definition) is 1. The Balaban J connectivity index is 1.91. The van der Waals surface area contributed by atoms with E-state index in [0.29, 0.717) is 11.9 Å². The molecule has 2 fully saturated rings. The minimum atomic E-state index is 0.321. The van der Waals surface area contributed by atoms with Crippen molar-refractivity contribution in [2.24, 2.45) is 5.92 Å². The molecule has 0 bridgehead atoms. The van der Waals surface area contributed by atoms with E-state index in [1.807, 2.05) is 0 Å². The van der Waals surface area contributed by atoms with Gasteiger partial charge in [-0.25, -0.2) is 0 Å². The number of anilines is 1. The smallest absolute Gasteiger partial charge is 0.227 e. The maximum absolute atomic E-state index is 12.3. The molecule has 1 aliphatic carbocycles. The van der Waals surface area contributed by atoms with Crippen molar-refractivity contribution >= 4 is 11.6 Å². The van der Waals surface area contributed by atoms with E-state index >= 15 is 0 Å². The van der Waals surface area contributed by atoms with Gasteiger partial charge in [0.15, 0.2) is 0 Å². The first-order valence-corrected chi connectivity index (χ1v) is 7.14. The van der Waals surface area contributed by atoms with Crippen molar-refractivity contribution in [1.29, 1.82) is 0 Å². The molecule has 1 saturated heterocycles. The van der Waals surface area contributed by atoms with Crippen molar-refractivity contribution in [3.05, 3.63) is 29.8 Å². The summed E-state index contributed by atoms with van der Waals surface area (Å²) in [5.74, 6) is 1.06. The van der Waals surface area contributed by atoms with Crippen molar-refractivity contribution in [2.75, 3.05) is 4.90 Å². The number of amides is 1. The fourth-order valence-corrected chi connectivity index (χ4v) is 3.52. The molecular weight excluding hydrogens is 222 g/mol. The molecule has 1 aromatic carbocycles. The summed E-state index contributed by atoms with van der Waals surface area (Å²) in [4.78, 5) is 14.4. The number of piperidine rings is 1. The van der Waals surface area contributed by atoms with Crippen LogP contribution in [0.15, 0.2) is 24.3 Å². The predicted molar refractivity (Wildman–Crippen MR) is 73.6 cm³/mol. The summed E-state index contributed by atoms with van der Waals surface area (Å²) in [6.07, 6.45) is 6.94. The molecule has 2 atom stereocenters. The monoisotopic (exact) mass is 243 g/mol. The summed E-state index contributed by atoms with van der Waals surface area (Å²) in [5.41, 5.74) is 2.35. The molecule has 1 aliphatic heterocycles. The molecule has 0 radical (unpaired) electrons. The largest absolute Gasteiger partial charge is 0.309 e. The number of carbonyl (C=O) groups is 1. The van der Waals surface area contributed by atoms with Gasteiger partial charge < -0.3 is 4.90 Å². The molecular formula is C16H21NO. The summed E-state index contributed by atoms with van der Waals surface area (Å²) in [7, 11) is 0. The Bertz CT molecular complexity index is 437. The highest BCUT2D eigenvalue weighted by atomic mass is 16.2. The number of fused-ring (bicyclic) bond motifs is 1. The third-order valence-electron chi connectivity index (χ3n) is 4.51. The number of nitrogens with zero attached hydrogens (tertiary/aromatic N) is 1. The van der Waals surface area contributed by atoms with Crippen LogP contribution in [-0.4, -0.2) is 11.9 Å². The number of aryl methyl sites for hydroxylation is 1. The SMILES string of the molecule is Cc1ccc(N2C(=O)CCC3CCCCC32)cc1. The van der Waals surface area contributed by atoms with Gasteiger partial charge >= 0.3 is 0 Å². The summed E-state index contributed by atoms with van der Waals surface area (Å²) in [5, 5.41) is 0. The Hall–Kier alpha value is -1.31. The van der Waals surface area contributed by atoms with E-state index < -0.39 is 0 Å². The normalized spacial score (nSPS) is 28.1. The van der Waals surface area contributed by atoms with E-state index in [9.17, 15) is 4.79 Å². The molecule has 2 heteroatoms. The molecule has 1 amide bonds. The van der Waals surface area contributed by atoms with Crippen LogP contribution in [0.25, 0.3) is 0 Å². The van der Waals surface area contributed by atoms with Gasteiger partial charge in [0, 0.05) is 18.2 Å². The third kappa shape index (κ3) is 2.05. The average Bonchev–Trinajstić information content (AvgIpc) is 2.40. The average molecular weight is 243 g/mol. The minimum Gasteiger partial charge on any atom is -0.309 e. The second-order valence-electron chi connectivity index (χ2n) is 5.75. The molecule has 0 N–H and O–H groups in total. The van der Waals surface area contributed by atoms with Crippen LogP contribution in [0.4, 0.5) is 5.69 Å². The topological polar surface area (TPSA) is 20.3 Å². The molecule has 1 saturated carbocycles. The standard InChI is InChI=1S/C16H21NO/c1-12-6-9-14(10-7-12)17-15-5-3-2-4-13(15)8-11-16(17)18/h6-7,9-10,13,15H,2-5,8,11H2,1H3. The van der Waals surface area contributed by atoms with Crippen molar-refractivity contribution in [3.63, 3.8) is 0 Å². The fraction of sp³-hybridized carbons (Fsp3) is 0.562. The molecule has 96 valence electrons. The highest BCUT2D eigenvalue weighted by Gasteiger charge is 2.37. The molecule has 0 spiro atoms. The molecule has 2 unspecified atom stereocenters. The van der Waals surface area contributed by atoms with Gasteiger partial charge in [0.1, 0.15) is 0 Å². The van der Waals surface area contributed by atoms with Gasteiger partial charge in [-0.2, -0.15) is 0 Å². The van der Waals surface area contributed by atoms with Crippen LogP contribution in [0.3, 0.4) is 0 Å². The van der Waals surface area contributed by atoms with Gasteiger partial charge in [-0.05, 0) is 44.2 Å². The zero-order chi connectivity index (χ0) is 12.5. The van der Waals surface area contributed by atoms with E-state index in [0.717, 1.165) is 24.4 Å². The third-order valence-corrected chi connectivity index (χ3v) is 4.51.